The first-order valence-corrected chi connectivity index (χ1v) is 7.27. The molecule has 0 spiro atoms. The second-order valence-electron chi connectivity index (χ2n) is 6.80. The third-order valence-corrected chi connectivity index (χ3v) is 5.31. The molecule has 1 aliphatic heterocycles. The quantitative estimate of drug-likeness (QED) is 0.803. The molecule has 1 aliphatic carbocycles. The van der Waals surface area contributed by atoms with Crippen LogP contribution in [0.5, 0.6) is 0 Å². The Bertz CT molecular complexity index is 243. The first-order chi connectivity index (χ1) is 8.01. The second kappa shape index (κ2) is 5.27. The van der Waals surface area contributed by atoms with Crippen LogP contribution in [0.4, 0.5) is 0 Å². The number of hydrogen-bond acceptors (Lipinski definition) is 2. The molecule has 2 rings (SSSR count). The summed E-state index contributed by atoms with van der Waals surface area (Å²) in [6.07, 6.45) is 5.74. The minimum atomic E-state index is -0.0865. The predicted molar refractivity (Wildman–Crippen MR) is 69.8 cm³/mol. The summed E-state index contributed by atoms with van der Waals surface area (Å²) in [5, 5.41) is 10.4. The molecule has 0 aromatic carbocycles. The van der Waals surface area contributed by atoms with E-state index in [1.165, 1.54) is 25.7 Å². The molecule has 2 aliphatic rings. The fraction of sp³-hybridized carbons (Fsp3) is 1.00. The van der Waals surface area contributed by atoms with Crippen LogP contribution in [0.1, 0.15) is 52.9 Å². The van der Waals surface area contributed by atoms with Gasteiger partial charge in [0.15, 0.2) is 0 Å². The predicted octanol–water partition coefficient (Wildman–Crippen LogP) is 3.24. The van der Waals surface area contributed by atoms with E-state index < -0.39 is 0 Å². The molecule has 3 unspecified atom stereocenters. The van der Waals surface area contributed by atoms with E-state index >= 15 is 0 Å². The Morgan fingerprint density at radius 3 is 2.29 bits per heavy atom. The Balaban J connectivity index is 2.02. The van der Waals surface area contributed by atoms with Gasteiger partial charge in [-0.2, -0.15) is 0 Å². The topological polar surface area (TPSA) is 29.5 Å². The van der Waals surface area contributed by atoms with E-state index in [9.17, 15) is 5.11 Å². The van der Waals surface area contributed by atoms with Gasteiger partial charge in [0.2, 0.25) is 0 Å². The van der Waals surface area contributed by atoms with Crippen molar-refractivity contribution in [1.29, 1.82) is 0 Å². The lowest BCUT2D eigenvalue weighted by Gasteiger charge is -2.47. The smallest absolute Gasteiger partial charge is 0.0576 e. The van der Waals surface area contributed by atoms with E-state index in [4.69, 9.17) is 4.74 Å². The van der Waals surface area contributed by atoms with Crippen molar-refractivity contribution in [2.24, 2.45) is 23.2 Å². The van der Waals surface area contributed by atoms with Gasteiger partial charge in [0.25, 0.3) is 0 Å². The van der Waals surface area contributed by atoms with Crippen LogP contribution in [0.25, 0.3) is 0 Å². The highest BCUT2D eigenvalue weighted by molar-refractivity contribution is 4.92. The average molecular weight is 240 g/mol. The molecule has 0 aromatic rings. The van der Waals surface area contributed by atoms with Gasteiger partial charge in [0, 0.05) is 13.2 Å². The Hall–Kier alpha value is -0.0800. The van der Waals surface area contributed by atoms with Gasteiger partial charge in [0.05, 0.1) is 6.10 Å². The summed E-state index contributed by atoms with van der Waals surface area (Å²) in [6, 6.07) is 0. The van der Waals surface area contributed by atoms with Gasteiger partial charge in [-0.25, -0.2) is 0 Å². The van der Waals surface area contributed by atoms with Crippen molar-refractivity contribution in [3.05, 3.63) is 0 Å². The number of rotatable bonds is 2. The van der Waals surface area contributed by atoms with Crippen molar-refractivity contribution in [1.82, 2.24) is 0 Å². The third-order valence-electron chi connectivity index (χ3n) is 5.31. The summed E-state index contributed by atoms with van der Waals surface area (Å²) in [6.45, 7) is 8.82. The van der Waals surface area contributed by atoms with Crippen molar-refractivity contribution in [3.63, 3.8) is 0 Å². The van der Waals surface area contributed by atoms with Crippen molar-refractivity contribution in [2.75, 3.05) is 13.2 Å². The molecule has 1 N–H and O–H groups in total. The van der Waals surface area contributed by atoms with E-state index in [2.05, 4.69) is 20.8 Å². The second-order valence-corrected chi connectivity index (χ2v) is 6.80. The maximum atomic E-state index is 10.4. The molecule has 1 saturated heterocycles. The molecule has 1 heterocycles. The molecular formula is C15H28O2. The molecule has 17 heavy (non-hydrogen) atoms. The van der Waals surface area contributed by atoms with Gasteiger partial charge >= 0.3 is 0 Å². The molecule has 0 aromatic heterocycles. The van der Waals surface area contributed by atoms with Crippen molar-refractivity contribution >= 4 is 0 Å². The Kier molecular flexibility index (Phi) is 4.14. The van der Waals surface area contributed by atoms with Crippen LogP contribution in [0.2, 0.25) is 0 Å². The normalized spacial score (nSPS) is 37.1. The summed E-state index contributed by atoms with van der Waals surface area (Å²) < 4.78 is 5.46. The summed E-state index contributed by atoms with van der Waals surface area (Å²) in [5.74, 6) is 1.91. The highest BCUT2D eigenvalue weighted by Crippen LogP contribution is 2.47. The first kappa shape index (κ1) is 13.4. The Labute approximate surface area is 106 Å². The summed E-state index contributed by atoms with van der Waals surface area (Å²) >= 11 is 0. The van der Waals surface area contributed by atoms with Gasteiger partial charge in [0.1, 0.15) is 0 Å². The lowest BCUT2D eigenvalue weighted by molar-refractivity contribution is -0.0653. The fourth-order valence-corrected chi connectivity index (χ4v) is 3.96. The molecule has 1 saturated carbocycles. The first-order valence-electron chi connectivity index (χ1n) is 7.27. The van der Waals surface area contributed by atoms with E-state index in [0.29, 0.717) is 11.8 Å². The zero-order valence-corrected chi connectivity index (χ0v) is 11.6. The maximum Gasteiger partial charge on any atom is 0.0576 e. The Morgan fingerprint density at radius 2 is 1.71 bits per heavy atom. The molecule has 2 fully saturated rings. The number of hydrogen-bond donors (Lipinski definition) is 1. The average Bonchev–Trinajstić information content (AvgIpc) is 2.29. The van der Waals surface area contributed by atoms with Gasteiger partial charge < -0.3 is 9.84 Å². The van der Waals surface area contributed by atoms with E-state index in [1.807, 2.05) is 0 Å². The van der Waals surface area contributed by atoms with Gasteiger partial charge in [-0.05, 0) is 48.9 Å². The van der Waals surface area contributed by atoms with Crippen LogP contribution < -0.4 is 0 Å². The van der Waals surface area contributed by atoms with Gasteiger partial charge in [-0.1, -0.05) is 27.2 Å². The fourth-order valence-electron chi connectivity index (χ4n) is 3.96. The van der Waals surface area contributed by atoms with E-state index in [1.54, 1.807) is 0 Å². The number of aliphatic hydroxyl groups is 1. The van der Waals surface area contributed by atoms with Crippen molar-refractivity contribution in [2.45, 2.75) is 59.0 Å². The summed E-state index contributed by atoms with van der Waals surface area (Å²) in [4.78, 5) is 0. The lowest BCUT2D eigenvalue weighted by atomic mass is 9.60. The maximum absolute atomic E-state index is 10.4. The minimum Gasteiger partial charge on any atom is -0.393 e. The monoisotopic (exact) mass is 240 g/mol. The summed E-state index contributed by atoms with van der Waals surface area (Å²) in [7, 11) is 0. The Morgan fingerprint density at radius 1 is 1.06 bits per heavy atom. The summed E-state index contributed by atoms with van der Waals surface area (Å²) in [5.41, 5.74) is 0.267. The molecule has 2 nitrogen and oxygen atoms in total. The van der Waals surface area contributed by atoms with Crippen LogP contribution >= 0.6 is 0 Å². The van der Waals surface area contributed by atoms with Crippen LogP contribution in [-0.2, 0) is 4.74 Å². The molecule has 3 atom stereocenters. The van der Waals surface area contributed by atoms with Gasteiger partial charge in [-0.3, -0.25) is 0 Å². The molecule has 2 heteroatoms. The largest absolute Gasteiger partial charge is 0.393 e. The highest BCUT2D eigenvalue weighted by atomic mass is 16.5. The van der Waals surface area contributed by atoms with Crippen LogP contribution in [0.15, 0.2) is 0 Å². The number of ether oxygens (including phenoxy) is 1. The van der Waals surface area contributed by atoms with Crippen LogP contribution in [-0.4, -0.2) is 24.4 Å². The lowest BCUT2D eigenvalue weighted by Crippen LogP contribution is -2.44. The molecule has 0 amide bonds. The van der Waals surface area contributed by atoms with Crippen molar-refractivity contribution < 1.29 is 9.84 Å². The highest BCUT2D eigenvalue weighted by Gasteiger charge is 2.43. The molecule has 100 valence electrons. The van der Waals surface area contributed by atoms with E-state index in [-0.39, 0.29) is 11.5 Å². The standard InChI is InChI=1S/C15H28O2/c1-11-4-5-13(14(16)10-11)15(2,3)12-6-8-17-9-7-12/h11-14,16H,4-10H2,1-3H3. The third kappa shape index (κ3) is 2.85. The molecular weight excluding hydrogens is 212 g/mol. The van der Waals surface area contributed by atoms with Crippen LogP contribution in [0.3, 0.4) is 0 Å². The van der Waals surface area contributed by atoms with Gasteiger partial charge in [-0.15, -0.1) is 0 Å². The minimum absolute atomic E-state index is 0.0865. The zero-order valence-electron chi connectivity index (χ0n) is 11.6. The van der Waals surface area contributed by atoms with E-state index in [0.717, 1.165) is 25.6 Å². The SMILES string of the molecule is CC1CCC(C(C)(C)C2CCOCC2)C(O)C1. The van der Waals surface area contributed by atoms with Crippen molar-refractivity contribution in [3.8, 4) is 0 Å². The number of aliphatic hydroxyl groups excluding tert-OH is 1. The zero-order chi connectivity index (χ0) is 12.5. The molecule has 0 bridgehead atoms. The van der Waals surface area contributed by atoms with Crippen LogP contribution in [0, 0.1) is 23.2 Å². The molecule has 0 radical (unpaired) electrons.